The molecule has 0 amide bonds. The molecular weight excluding hydrogens is 254 g/mol. The summed E-state index contributed by atoms with van der Waals surface area (Å²) in [6.07, 6.45) is 10.8. The minimum absolute atomic E-state index is 0.448. The zero-order valence-corrected chi connectivity index (χ0v) is 12.5. The molecule has 0 bridgehead atoms. The highest BCUT2D eigenvalue weighted by Crippen LogP contribution is 2.31. The van der Waals surface area contributed by atoms with Gasteiger partial charge in [0.1, 0.15) is 0 Å². The fourth-order valence-electron chi connectivity index (χ4n) is 3.46. The van der Waals surface area contributed by atoms with Crippen molar-refractivity contribution in [2.24, 2.45) is 0 Å². The molecule has 2 nitrogen and oxygen atoms in total. The average Bonchev–Trinajstić information content (AvgIpc) is 2.88. The Morgan fingerprint density at radius 3 is 2.63 bits per heavy atom. The van der Waals surface area contributed by atoms with Gasteiger partial charge in [-0.05, 0) is 43.7 Å². The second-order valence-corrected chi connectivity index (χ2v) is 7.48. The minimum Gasteiger partial charge on any atom is -0.389 e. The molecule has 0 aromatic carbocycles. The van der Waals surface area contributed by atoms with Gasteiger partial charge in [0.15, 0.2) is 0 Å². The first-order chi connectivity index (χ1) is 9.25. The maximum Gasteiger partial charge on any atom is 0.0771 e. The fraction of sp³-hybridized carbons (Fsp3) is 0.750. The van der Waals surface area contributed by atoms with E-state index < -0.39 is 5.60 Å². The second kappa shape index (κ2) is 5.94. The van der Waals surface area contributed by atoms with Crippen LogP contribution in [0.4, 0.5) is 0 Å². The fourth-order valence-corrected chi connectivity index (χ4v) is 4.69. The van der Waals surface area contributed by atoms with E-state index in [1.165, 1.54) is 49.8 Å². The van der Waals surface area contributed by atoms with Crippen LogP contribution in [0.1, 0.15) is 60.3 Å². The van der Waals surface area contributed by atoms with E-state index in [-0.39, 0.29) is 0 Å². The van der Waals surface area contributed by atoms with Gasteiger partial charge < -0.3 is 10.4 Å². The number of rotatable bonds is 4. The quantitative estimate of drug-likeness (QED) is 0.828. The maximum absolute atomic E-state index is 10.6. The summed E-state index contributed by atoms with van der Waals surface area (Å²) in [4.78, 5) is 3.05. The highest BCUT2D eigenvalue weighted by molar-refractivity contribution is 7.12. The number of aryl methyl sites for hydroxylation is 2. The van der Waals surface area contributed by atoms with Crippen molar-refractivity contribution < 1.29 is 5.11 Å². The normalized spacial score (nSPS) is 22.2. The van der Waals surface area contributed by atoms with Gasteiger partial charge in [0.25, 0.3) is 0 Å². The summed E-state index contributed by atoms with van der Waals surface area (Å²) in [5.74, 6) is 0. The summed E-state index contributed by atoms with van der Waals surface area (Å²) < 4.78 is 0. The predicted octanol–water partition coefficient (Wildman–Crippen LogP) is 3.41. The minimum atomic E-state index is -0.448. The molecule has 0 unspecified atom stereocenters. The van der Waals surface area contributed by atoms with E-state index in [9.17, 15) is 5.11 Å². The zero-order chi connectivity index (χ0) is 13.1. The predicted molar refractivity (Wildman–Crippen MR) is 80.7 cm³/mol. The highest BCUT2D eigenvalue weighted by atomic mass is 32.1. The Morgan fingerprint density at radius 2 is 1.89 bits per heavy atom. The summed E-state index contributed by atoms with van der Waals surface area (Å²) >= 11 is 1.97. The van der Waals surface area contributed by atoms with Gasteiger partial charge in [0, 0.05) is 22.8 Å². The first-order valence-electron chi connectivity index (χ1n) is 7.79. The van der Waals surface area contributed by atoms with E-state index in [0.717, 1.165) is 25.9 Å². The Labute approximate surface area is 120 Å². The molecule has 2 aliphatic rings. The Kier molecular flexibility index (Phi) is 4.25. The third kappa shape index (κ3) is 3.39. The van der Waals surface area contributed by atoms with Crippen LogP contribution < -0.4 is 5.32 Å². The van der Waals surface area contributed by atoms with Crippen molar-refractivity contribution in [3.8, 4) is 0 Å². The van der Waals surface area contributed by atoms with Crippen molar-refractivity contribution in [1.82, 2.24) is 5.32 Å². The van der Waals surface area contributed by atoms with Crippen LogP contribution in [-0.2, 0) is 19.4 Å². The molecule has 0 spiro atoms. The van der Waals surface area contributed by atoms with E-state index in [0.29, 0.717) is 0 Å². The van der Waals surface area contributed by atoms with Crippen LogP contribution in [-0.4, -0.2) is 17.3 Å². The lowest BCUT2D eigenvalue weighted by Gasteiger charge is -2.26. The summed E-state index contributed by atoms with van der Waals surface area (Å²) in [6, 6.07) is 2.37. The summed E-state index contributed by atoms with van der Waals surface area (Å²) in [5, 5.41) is 14.1. The number of fused-ring (bicyclic) bond motifs is 1. The molecule has 0 radical (unpaired) electrons. The number of hydrogen-bond donors (Lipinski definition) is 2. The molecule has 1 heterocycles. The van der Waals surface area contributed by atoms with Crippen LogP contribution >= 0.6 is 11.3 Å². The topological polar surface area (TPSA) is 32.3 Å². The van der Waals surface area contributed by atoms with Crippen molar-refractivity contribution in [2.45, 2.75) is 69.9 Å². The summed E-state index contributed by atoms with van der Waals surface area (Å²) in [5.41, 5.74) is 1.13. The van der Waals surface area contributed by atoms with E-state index in [1.54, 1.807) is 10.4 Å². The van der Waals surface area contributed by atoms with Gasteiger partial charge in [-0.1, -0.05) is 25.7 Å². The molecule has 1 aromatic rings. The Bertz CT molecular complexity index is 397. The summed E-state index contributed by atoms with van der Waals surface area (Å²) in [7, 11) is 0. The standard InChI is InChI=1S/C16H25NOS/c18-16(8-3-1-2-4-9-16)12-17-11-14-10-13-6-5-7-15(13)19-14/h10,17-18H,1-9,11-12H2. The molecule has 1 fully saturated rings. The van der Waals surface area contributed by atoms with Crippen LogP contribution in [0.25, 0.3) is 0 Å². The molecule has 0 atom stereocenters. The van der Waals surface area contributed by atoms with Crippen LogP contribution in [0.5, 0.6) is 0 Å². The highest BCUT2D eigenvalue weighted by Gasteiger charge is 2.27. The molecule has 1 aromatic heterocycles. The Hall–Kier alpha value is -0.380. The van der Waals surface area contributed by atoms with E-state index in [4.69, 9.17) is 0 Å². The van der Waals surface area contributed by atoms with Crippen LogP contribution in [0.3, 0.4) is 0 Å². The smallest absolute Gasteiger partial charge is 0.0771 e. The lowest BCUT2D eigenvalue weighted by atomic mass is 9.94. The Balaban J connectivity index is 1.49. The SMILES string of the molecule is OC1(CNCc2cc3c(s2)CCC3)CCCCCC1. The van der Waals surface area contributed by atoms with Gasteiger partial charge in [-0.25, -0.2) is 0 Å². The third-order valence-corrected chi connectivity index (χ3v) is 5.82. The molecule has 1 saturated carbocycles. The van der Waals surface area contributed by atoms with Gasteiger partial charge >= 0.3 is 0 Å². The first-order valence-corrected chi connectivity index (χ1v) is 8.60. The molecule has 3 heteroatoms. The average molecular weight is 279 g/mol. The van der Waals surface area contributed by atoms with Gasteiger partial charge in [-0.15, -0.1) is 11.3 Å². The zero-order valence-electron chi connectivity index (χ0n) is 11.7. The number of thiophene rings is 1. The van der Waals surface area contributed by atoms with Crippen LogP contribution in [0.2, 0.25) is 0 Å². The van der Waals surface area contributed by atoms with Crippen molar-refractivity contribution >= 4 is 11.3 Å². The first kappa shape index (κ1) is 13.6. The molecule has 19 heavy (non-hydrogen) atoms. The van der Waals surface area contributed by atoms with E-state index in [2.05, 4.69) is 11.4 Å². The largest absolute Gasteiger partial charge is 0.389 e. The maximum atomic E-state index is 10.6. The van der Waals surface area contributed by atoms with Gasteiger partial charge in [0.05, 0.1) is 5.60 Å². The van der Waals surface area contributed by atoms with Crippen molar-refractivity contribution in [3.63, 3.8) is 0 Å². The molecular formula is C16H25NOS. The second-order valence-electron chi connectivity index (χ2n) is 6.26. The molecule has 2 N–H and O–H groups in total. The monoisotopic (exact) mass is 279 g/mol. The third-order valence-electron chi connectivity index (χ3n) is 4.59. The van der Waals surface area contributed by atoms with Crippen molar-refractivity contribution in [2.75, 3.05) is 6.54 Å². The Morgan fingerprint density at radius 1 is 1.11 bits per heavy atom. The van der Waals surface area contributed by atoms with Gasteiger partial charge in [-0.3, -0.25) is 0 Å². The molecule has 0 saturated heterocycles. The molecule has 0 aliphatic heterocycles. The molecule has 106 valence electrons. The lowest BCUT2D eigenvalue weighted by Crippen LogP contribution is -2.39. The van der Waals surface area contributed by atoms with E-state index >= 15 is 0 Å². The summed E-state index contributed by atoms with van der Waals surface area (Å²) in [6.45, 7) is 1.69. The van der Waals surface area contributed by atoms with E-state index in [1.807, 2.05) is 11.3 Å². The molecule has 2 aliphatic carbocycles. The molecule has 3 rings (SSSR count). The number of nitrogens with one attached hydrogen (secondary N) is 1. The van der Waals surface area contributed by atoms with Crippen molar-refractivity contribution in [3.05, 3.63) is 21.4 Å². The van der Waals surface area contributed by atoms with Crippen LogP contribution in [0.15, 0.2) is 6.07 Å². The van der Waals surface area contributed by atoms with Crippen molar-refractivity contribution in [1.29, 1.82) is 0 Å². The lowest BCUT2D eigenvalue weighted by molar-refractivity contribution is 0.0251. The number of aliphatic hydroxyl groups is 1. The number of hydrogen-bond acceptors (Lipinski definition) is 3. The van der Waals surface area contributed by atoms with Crippen LogP contribution in [0, 0.1) is 0 Å². The van der Waals surface area contributed by atoms with Gasteiger partial charge in [-0.2, -0.15) is 0 Å². The van der Waals surface area contributed by atoms with Gasteiger partial charge in [0.2, 0.25) is 0 Å².